The van der Waals surface area contributed by atoms with Gasteiger partial charge < -0.3 is 10.4 Å². The molecule has 0 spiro atoms. The van der Waals surface area contributed by atoms with Gasteiger partial charge in [-0.3, -0.25) is 4.79 Å². The Hall–Kier alpha value is -3.41. The summed E-state index contributed by atoms with van der Waals surface area (Å²) in [5.41, 5.74) is 4.91. The van der Waals surface area contributed by atoms with E-state index in [2.05, 4.69) is 10.3 Å². The van der Waals surface area contributed by atoms with Gasteiger partial charge in [-0.25, -0.2) is 9.78 Å². The highest BCUT2D eigenvalue weighted by Gasteiger charge is 2.23. The second kappa shape index (κ2) is 9.84. The number of aryl methyl sites for hydroxylation is 2. The first-order valence-electron chi connectivity index (χ1n) is 10.7. The van der Waals surface area contributed by atoms with Crippen LogP contribution in [0.2, 0.25) is 10.0 Å². The predicted molar refractivity (Wildman–Crippen MR) is 136 cm³/mol. The Balaban J connectivity index is 1.59. The number of benzene rings is 3. The third kappa shape index (κ3) is 4.91. The lowest BCUT2D eigenvalue weighted by Gasteiger charge is -2.17. The van der Waals surface area contributed by atoms with Gasteiger partial charge in [0.15, 0.2) is 0 Å². The van der Waals surface area contributed by atoms with Crippen molar-refractivity contribution in [3.05, 3.63) is 99.0 Å². The highest BCUT2D eigenvalue weighted by molar-refractivity contribution is 6.39. The summed E-state index contributed by atoms with van der Waals surface area (Å²) in [7, 11) is 0. The van der Waals surface area contributed by atoms with E-state index in [1.165, 1.54) is 0 Å². The van der Waals surface area contributed by atoms with Gasteiger partial charge >= 0.3 is 5.97 Å². The molecule has 4 aromatic rings. The Kier molecular flexibility index (Phi) is 6.87. The van der Waals surface area contributed by atoms with Crippen molar-refractivity contribution in [3.63, 3.8) is 0 Å². The number of carboxylic acid groups (broad SMARTS) is 1. The molecule has 0 fully saturated rings. The number of aromatic nitrogens is 1. The molecule has 0 aliphatic rings. The molecule has 5 nitrogen and oxygen atoms in total. The minimum absolute atomic E-state index is 0.139. The molecular weight excluding hydrogens is 471 g/mol. The summed E-state index contributed by atoms with van der Waals surface area (Å²) in [4.78, 5) is 29.4. The van der Waals surface area contributed by atoms with Crippen LogP contribution in [0, 0.1) is 13.8 Å². The van der Waals surface area contributed by atoms with Gasteiger partial charge in [-0.05, 0) is 60.9 Å². The number of rotatable bonds is 6. The molecule has 4 rings (SSSR count). The Labute approximate surface area is 207 Å². The van der Waals surface area contributed by atoms with Crippen molar-refractivity contribution in [2.45, 2.75) is 26.3 Å². The molecule has 1 atom stereocenters. The van der Waals surface area contributed by atoms with Crippen molar-refractivity contribution < 1.29 is 14.7 Å². The Morgan fingerprint density at radius 2 is 1.59 bits per heavy atom. The summed E-state index contributed by atoms with van der Waals surface area (Å²) >= 11 is 12.6. The zero-order valence-electron chi connectivity index (χ0n) is 18.6. The van der Waals surface area contributed by atoms with E-state index in [0.717, 1.165) is 27.6 Å². The quantitative estimate of drug-likeness (QED) is 0.333. The van der Waals surface area contributed by atoms with Gasteiger partial charge in [0.2, 0.25) is 0 Å². The van der Waals surface area contributed by atoms with Crippen LogP contribution < -0.4 is 5.32 Å². The van der Waals surface area contributed by atoms with Crippen molar-refractivity contribution in [1.29, 1.82) is 0 Å². The highest BCUT2D eigenvalue weighted by Crippen LogP contribution is 2.34. The highest BCUT2D eigenvalue weighted by atomic mass is 35.5. The number of carboxylic acids is 1. The smallest absolute Gasteiger partial charge is 0.326 e. The molecule has 0 aliphatic heterocycles. The van der Waals surface area contributed by atoms with E-state index in [1.54, 1.807) is 18.2 Å². The number of nitrogens with one attached hydrogen (secondary N) is 1. The van der Waals surface area contributed by atoms with Crippen molar-refractivity contribution in [3.8, 4) is 11.3 Å². The van der Waals surface area contributed by atoms with E-state index in [4.69, 9.17) is 23.2 Å². The summed E-state index contributed by atoms with van der Waals surface area (Å²) in [6.45, 7) is 3.66. The normalized spacial score (nSPS) is 11.9. The average molecular weight is 493 g/mol. The van der Waals surface area contributed by atoms with Crippen LogP contribution in [0.5, 0.6) is 0 Å². The number of carbonyl (C=O) groups is 2. The van der Waals surface area contributed by atoms with Gasteiger partial charge in [-0.1, -0.05) is 59.6 Å². The SMILES string of the molecule is Cc1cccc(C)c1C(=O)NC(Cc1ccc2nc(-c3c(Cl)cccc3Cl)ccc2c1)C(=O)O. The first-order valence-corrected chi connectivity index (χ1v) is 11.4. The van der Waals surface area contributed by atoms with Crippen LogP contribution in [0.1, 0.15) is 27.0 Å². The molecule has 2 N–H and O–H groups in total. The van der Waals surface area contributed by atoms with Crippen LogP contribution in [-0.4, -0.2) is 28.0 Å². The van der Waals surface area contributed by atoms with Crippen LogP contribution in [0.4, 0.5) is 0 Å². The predicted octanol–water partition coefficient (Wildman–Crippen LogP) is 6.25. The van der Waals surface area contributed by atoms with Gasteiger partial charge in [0.05, 0.1) is 21.3 Å². The lowest BCUT2D eigenvalue weighted by Crippen LogP contribution is -2.42. The summed E-state index contributed by atoms with van der Waals surface area (Å²) in [6, 6.07) is 19.0. The second-order valence-corrected chi connectivity index (χ2v) is 8.97. The topological polar surface area (TPSA) is 79.3 Å². The maximum absolute atomic E-state index is 12.8. The molecule has 0 saturated carbocycles. The fraction of sp³-hybridized carbons (Fsp3) is 0.148. The van der Waals surface area contributed by atoms with Crippen LogP contribution >= 0.6 is 23.2 Å². The molecule has 7 heteroatoms. The Morgan fingerprint density at radius 3 is 2.24 bits per heavy atom. The fourth-order valence-electron chi connectivity index (χ4n) is 4.02. The molecule has 0 bridgehead atoms. The standard InChI is InChI=1S/C27H22Cl2N2O3/c1-15-5-3-6-16(2)24(15)26(32)31-23(27(33)34)14-17-9-11-21-18(13-17)10-12-22(30-21)25-19(28)7-4-8-20(25)29/h3-13,23H,14H2,1-2H3,(H,31,32)(H,33,34). The Bertz CT molecular complexity index is 1380. The number of pyridine rings is 1. The molecular formula is C27H22Cl2N2O3. The van der Waals surface area contributed by atoms with Gasteiger partial charge in [-0.2, -0.15) is 0 Å². The molecule has 1 aromatic heterocycles. The molecule has 0 saturated heterocycles. The molecule has 1 heterocycles. The third-order valence-corrected chi connectivity index (χ3v) is 6.35. The number of carbonyl (C=O) groups excluding carboxylic acids is 1. The number of hydrogen-bond acceptors (Lipinski definition) is 3. The number of nitrogens with zero attached hydrogens (tertiary/aromatic N) is 1. The van der Waals surface area contributed by atoms with Crippen molar-refractivity contribution >= 4 is 46.0 Å². The fourth-order valence-corrected chi connectivity index (χ4v) is 4.61. The van der Waals surface area contributed by atoms with Crippen molar-refractivity contribution in [1.82, 2.24) is 10.3 Å². The summed E-state index contributed by atoms with van der Waals surface area (Å²) in [5.74, 6) is -1.49. The van der Waals surface area contributed by atoms with Crippen LogP contribution in [0.3, 0.4) is 0 Å². The molecule has 172 valence electrons. The minimum atomic E-state index is -1.10. The zero-order chi connectivity index (χ0) is 24.4. The first kappa shape index (κ1) is 23.7. The second-order valence-electron chi connectivity index (χ2n) is 8.16. The summed E-state index contributed by atoms with van der Waals surface area (Å²) in [5, 5.41) is 14.3. The number of amides is 1. The van der Waals surface area contributed by atoms with E-state index in [9.17, 15) is 14.7 Å². The molecule has 1 unspecified atom stereocenters. The first-order chi connectivity index (χ1) is 16.2. The molecule has 1 amide bonds. The average Bonchev–Trinajstić information content (AvgIpc) is 2.78. The third-order valence-electron chi connectivity index (χ3n) is 5.72. The number of hydrogen-bond donors (Lipinski definition) is 2. The summed E-state index contributed by atoms with van der Waals surface area (Å²) < 4.78 is 0. The molecule has 0 radical (unpaired) electrons. The molecule has 34 heavy (non-hydrogen) atoms. The summed E-state index contributed by atoms with van der Waals surface area (Å²) in [6.07, 6.45) is 0.139. The Morgan fingerprint density at radius 1 is 0.941 bits per heavy atom. The maximum Gasteiger partial charge on any atom is 0.326 e. The van der Waals surface area contributed by atoms with Gasteiger partial charge in [0.25, 0.3) is 5.91 Å². The van der Waals surface area contributed by atoms with Gasteiger partial charge in [-0.15, -0.1) is 0 Å². The van der Waals surface area contributed by atoms with Crippen LogP contribution in [0.15, 0.2) is 66.7 Å². The van der Waals surface area contributed by atoms with Gasteiger partial charge in [0, 0.05) is 22.9 Å². The van der Waals surface area contributed by atoms with E-state index in [1.807, 2.05) is 62.4 Å². The molecule has 3 aromatic carbocycles. The van der Waals surface area contributed by atoms with Gasteiger partial charge in [0.1, 0.15) is 6.04 Å². The van der Waals surface area contributed by atoms with Crippen molar-refractivity contribution in [2.75, 3.05) is 0 Å². The largest absolute Gasteiger partial charge is 0.480 e. The maximum atomic E-state index is 12.8. The van der Waals surface area contributed by atoms with E-state index < -0.39 is 17.9 Å². The van der Waals surface area contributed by atoms with E-state index >= 15 is 0 Å². The monoisotopic (exact) mass is 492 g/mol. The van der Waals surface area contributed by atoms with E-state index in [-0.39, 0.29) is 6.42 Å². The van der Waals surface area contributed by atoms with E-state index in [0.29, 0.717) is 26.9 Å². The number of aliphatic carboxylic acids is 1. The van der Waals surface area contributed by atoms with Crippen LogP contribution in [0.25, 0.3) is 22.2 Å². The number of halogens is 2. The van der Waals surface area contributed by atoms with Crippen molar-refractivity contribution in [2.24, 2.45) is 0 Å². The number of fused-ring (bicyclic) bond motifs is 1. The molecule has 0 aliphatic carbocycles. The zero-order valence-corrected chi connectivity index (χ0v) is 20.1. The lowest BCUT2D eigenvalue weighted by atomic mass is 10.00. The lowest BCUT2D eigenvalue weighted by molar-refractivity contribution is -0.139. The van der Waals surface area contributed by atoms with Crippen LogP contribution in [-0.2, 0) is 11.2 Å². The minimum Gasteiger partial charge on any atom is -0.480 e.